The number of carbonyl (C=O) groups is 1. The van der Waals surface area contributed by atoms with Crippen LogP contribution in [0.3, 0.4) is 0 Å². The lowest BCUT2D eigenvalue weighted by Gasteiger charge is -2.19. The molecule has 0 amide bonds. The third-order valence-electron chi connectivity index (χ3n) is 4.13. The molecule has 0 aromatic heterocycles. The first-order valence-corrected chi connectivity index (χ1v) is 7.10. The molecule has 1 heteroatoms. The number of carbonyl (C=O) groups excluding carboxylic acids is 1. The number of rotatable bonds is 0. The van der Waals surface area contributed by atoms with E-state index >= 15 is 0 Å². The summed E-state index contributed by atoms with van der Waals surface area (Å²) in [7, 11) is 0. The molecular weight excluding hydrogens is 244 g/mol. The number of aryl methyl sites for hydroxylation is 2. The maximum Gasteiger partial charge on any atom is 0.194 e. The van der Waals surface area contributed by atoms with Crippen LogP contribution < -0.4 is 0 Å². The molecule has 0 atom stereocenters. The fourth-order valence-electron chi connectivity index (χ4n) is 3.05. The van der Waals surface area contributed by atoms with E-state index in [0.29, 0.717) is 0 Å². The molecule has 0 radical (unpaired) electrons. The van der Waals surface area contributed by atoms with Crippen LogP contribution in [-0.2, 0) is 5.41 Å². The van der Waals surface area contributed by atoms with Crippen molar-refractivity contribution in [3.63, 3.8) is 0 Å². The fraction of sp³-hybridized carbons (Fsp3) is 0.316. The van der Waals surface area contributed by atoms with Crippen LogP contribution in [0.2, 0.25) is 0 Å². The van der Waals surface area contributed by atoms with Crippen molar-refractivity contribution in [1.82, 2.24) is 0 Å². The summed E-state index contributed by atoms with van der Waals surface area (Å²) in [5.74, 6) is 0.179. The molecular formula is C19H20O. The van der Waals surface area contributed by atoms with E-state index in [1.54, 1.807) is 0 Å². The van der Waals surface area contributed by atoms with Gasteiger partial charge in [-0.05, 0) is 47.6 Å². The molecule has 1 nitrogen and oxygen atoms in total. The standard InChI is InChI=1S/C19H20O/c1-11-8-12(2)17-15(9-11)14-7-6-13(19(3,4)5)10-16(14)18(17)20/h6-10H,1-5H3. The van der Waals surface area contributed by atoms with Gasteiger partial charge in [0.2, 0.25) is 0 Å². The fourth-order valence-corrected chi connectivity index (χ4v) is 3.05. The normalized spacial score (nSPS) is 13.3. The Balaban J connectivity index is 2.27. The zero-order chi connectivity index (χ0) is 14.7. The molecule has 1 aliphatic carbocycles. The maximum atomic E-state index is 12.7. The summed E-state index contributed by atoms with van der Waals surface area (Å²) in [5, 5.41) is 0. The Morgan fingerprint density at radius 1 is 0.850 bits per heavy atom. The van der Waals surface area contributed by atoms with Crippen molar-refractivity contribution in [2.75, 3.05) is 0 Å². The first-order chi connectivity index (χ1) is 9.29. The highest BCUT2D eigenvalue weighted by molar-refractivity contribution is 6.22. The zero-order valence-electron chi connectivity index (χ0n) is 12.8. The van der Waals surface area contributed by atoms with E-state index in [1.807, 2.05) is 6.92 Å². The number of benzene rings is 2. The van der Waals surface area contributed by atoms with E-state index in [-0.39, 0.29) is 11.2 Å². The van der Waals surface area contributed by atoms with E-state index in [2.05, 4.69) is 58.0 Å². The van der Waals surface area contributed by atoms with Crippen LogP contribution in [-0.4, -0.2) is 5.78 Å². The molecule has 2 aromatic carbocycles. The van der Waals surface area contributed by atoms with Crippen molar-refractivity contribution >= 4 is 5.78 Å². The zero-order valence-corrected chi connectivity index (χ0v) is 12.8. The molecule has 0 fully saturated rings. The Kier molecular flexibility index (Phi) is 2.66. The SMILES string of the molecule is Cc1cc(C)c2c(c1)-c1ccc(C(C)(C)C)cc1C2=O. The van der Waals surface area contributed by atoms with Gasteiger partial charge < -0.3 is 0 Å². The minimum atomic E-state index is 0.0645. The molecule has 0 bridgehead atoms. The van der Waals surface area contributed by atoms with Crippen molar-refractivity contribution in [1.29, 1.82) is 0 Å². The molecule has 0 N–H and O–H groups in total. The van der Waals surface area contributed by atoms with Gasteiger partial charge in [0.1, 0.15) is 0 Å². The Morgan fingerprint density at radius 3 is 2.20 bits per heavy atom. The van der Waals surface area contributed by atoms with Gasteiger partial charge in [0.15, 0.2) is 5.78 Å². The van der Waals surface area contributed by atoms with Crippen molar-refractivity contribution in [2.45, 2.75) is 40.0 Å². The molecule has 0 saturated carbocycles. The van der Waals surface area contributed by atoms with Gasteiger partial charge in [-0.2, -0.15) is 0 Å². The van der Waals surface area contributed by atoms with E-state index in [4.69, 9.17) is 0 Å². The lowest BCUT2D eigenvalue weighted by molar-refractivity contribution is 0.104. The Labute approximate surface area is 120 Å². The van der Waals surface area contributed by atoms with E-state index in [0.717, 1.165) is 27.8 Å². The Bertz CT molecular complexity index is 730. The van der Waals surface area contributed by atoms with Crippen LogP contribution in [0, 0.1) is 13.8 Å². The minimum Gasteiger partial charge on any atom is -0.289 e. The molecule has 102 valence electrons. The summed E-state index contributed by atoms with van der Waals surface area (Å²) in [6.45, 7) is 10.6. The smallest absolute Gasteiger partial charge is 0.194 e. The minimum absolute atomic E-state index is 0.0645. The lowest BCUT2D eigenvalue weighted by Crippen LogP contribution is -2.11. The van der Waals surface area contributed by atoms with Gasteiger partial charge >= 0.3 is 0 Å². The average molecular weight is 264 g/mol. The Morgan fingerprint density at radius 2 is 1.55 bits per heavy atom. The van der Waals surface area contributed by atoms with E-state index in [1.165, 1.54) is 11.1 Å². The molecule has 0 aliphatic heterocycles. The van der Waals surface area contributed by atoms with Gasteiger partial charge in [-0.1, -0.05) is 50.6 Å². The van der Waals surface area contributed by atoms with Gasteiger partial charge in [0.05, 0.1) is 0 Å². The first-order valence-electron chi connectivity index (χ1n) is 7.10. The van der Waals surface area contributed by atoms with Crippen LogP contribution >= 0.6 is 0 Å². The van der Waals surface area contributed by atoms with Crippen molar-refractivity contribution in [3.8, 4) is 11.1 Å². The summed E-state index contributed by atoms with van der Waals surface area (Å²) < 4.78 is 0. The molecule has 0 spiro atoms. The van der Waals surface area contributed by atoms with Crippen LogP contribution in [0.5, 0.6) is 0 Å². The van der Waals surface area contributed by atoms with Gasteiger partial charge in [-0.25, -0.2) is 0 Å². The molecule has 0 heterocycles. The molecule has 2 aromatic rings. The van der Waals surface area contributed by atoms with Gasteiger partial charge in [0.25, 0.3) is 0 Å². The molecule has 0 unspecified atom stereocenters. The van der Waals surface area contributed by atoms with Crippen LogP contribution in [0.4, 0.5) is 0 Å². The summed E-state index contributed by atoms with van der Waals surface area (Å²) >= 11 is 0. The number of hydrogen-bond acceptors (Lipinski definition) is 1. The van der Waals surface area contributed by atoms with Crippen LogP contribution in [0.15, 0.2) is 30.3 Å². The summed E-state index contributed by atoms with van der Waals surface area (Å²) in [5.41, 5.74) is 7.51. The number of ketones is 1. The Hall–Kier alpha value is -1.89. The highest BCUT2D eigenvalue weighted by Crippen LogP contribution is 2.40. The topological polar surface area (TPSA) is 17.1 Å². The third-order valence-corrected chi connectivity index (χ3v) is 4.13. The summed E-state index contributed by atoms with van der Waals surface area (Å²) in [6, 6.07) is 10.6. The van der Waals surface area contributed by atoms with Gasteiger partial charge in [-0.15, -0.1) is 0 Å². The average Bonchev–Trinajstić information content (AvgIpc) is 2.62. The molecule has 1 aliphatic rings. The summed E-state index contributed by atoms with van der Waals surface area (Å²) in [4.78, 5) is 12.7. The monoisotopic (exact) mass is 264 g/mol. The predicted octanol–water partition coefficient (Wildman–Crippen LogP) is 4.81. The predicted molar refractivity (Wildman–Crippen MR) is 83.5 cm³/mol. The molecule has 0 saturated heterocycles. The lowest BCUT2D eigenvalue weighted by atomic mass is 9.85. The van der Waals surface area contributed by atoms with Gasteiger partial charge in [0, 0.05) is 11.1 Å². The highest BCUT2D eigenvalue weighted by Gasteiger charge is 2.29. The van der Waals surface area contributed by atoms with Crippen LogP contribution in [0.25, 0.3) is 11.1 Å². The van der Waals surface area contributed by atoms with Crippen molar-refractivity contribution in [2.24, 2.45) is 0 Å². The maximum absolute atomic E-state index is 12.7. The second-order valence-electron chi connectivity index (χ2n) is 6.84. The number of fused-ring (bicyclic) bond motifs is 3. The quantitative estimate of drug-likeness (QED) is 0.569. The second-order valence-corrected chi connectivity index (χ2v) is 6.84. The molecule has 3 rings (SSSR count). The van der Waals surface area contributed by atoms with Gasteiger partial charge in [-0.3, -0.25) is 4.79 Å². The van der Waals surface area contributed by atoms with Crippen LogP contribution in [0.1, 0.15) is 53.4 Å². The molecule has 20 heavy (non-hydrogen) atoms. The first kappa shape index (κ1) is 13.1. The van der Waals surface area contributed by atoms with Crippen molar-refractivity contribution < 1.29 is 4.79 Å². The summed E-state index contributed by atoms with van der Waals surface area (Å²) in [6.07, 6.45) is 0. The van der Waals surface area contributed by atoms with E-state index in [9.17, 15) is 4.79 Å². The highest BCUT2D eigenvalue weighted by atomic mass is 16.1. The van der Waals surface area contributed by atoms with Crippen molar-refractivity contribution in [3.05, 3.63) is 58.1 Å². The van der Waals surface area contributed by atoms with E-state index < -0.39 is 0 Å². The largest absolute Gasteiger partial charge is 0.289 e. The second kappa shape index (κ2) is 4.05. The third kappa shape index (κ3) is 1.81. The number of hydrogen-bond donors (Lipinski definition) is 0.